The zero-order chi connectivity index (χ0) is 14.3. The fraction of sp³-hybridized carbons (Fsp3) is 0.600. The molecule has 0 spiro atoms. The van der Waals surface area contributed by atoms with Crippen molar-refractivity contribution in [3.63, 3.8) is 0 Å². The zero-order valence-electron chi connectivity index (χ0n) is 11.8. The molecular formula is C15H20ClFO2. The average molecular weight is 287 g/mol. The van der Waals surface area contributed by atoms with Crippen LogP contribution in [0.1, 0.15) is 39.7 Å². The molecule has 19 heavy (non-hydrogen) atoms. The van der Waals surface area contributed by atoms with Gasteiger partial charge in [0.2, 0.25) is 0 Å². The van der Waals surface area contributed by atoms with Crippen molar-refractivity contribution in [3.8, 4) is 5.75 Å². The first-order chi connectivity index (χ1) is 8.73. The van der Waals surface area contributed by atoms with E-state index in [1.54, 1.807) is 12.1 Å². The minimum atomic E-state index is -0.429. The van der Waals surface area contributed by atoms with Crippen LogP contribution in [0.4, 0.5) is 4.39 Å². The van der Waals surface area contributed by atoms with Crippen LogP contribution in [-0.4, -0.2) is 17.3 Å². The van der Waals surface area contributed by atoms with Crippen LogP contribution in [0, 0.1) is 5.82 Å². The molecule has 0 aliphatic carbocycles. The van der Waals surface area contributed by atoms with Gasteiger partial charge < -0.3 is 9.47 Å². The molecule has 1 saturated heterocycles. The summed E-state index contributed by atoms with van der Waals surface area (Å²) in [5, 5.41) is 0. The molecule has 0 saturated carbocycles. The van der Waals surface area contributed by atoms with Crippen molar-refractivity contribution in [1.82, 2.24) is 0 Å². The lowest BCUT2D eigenvalue weighted by Crippen LogP contribution is -2.36. The Kier molecular flexibility index (Phi) is 3.80. The lowest BCUT2D eigenvalue weighted by Gasteiger charge is -2.27. The van der Waals surface area contributed by atoms with Crippen LogP contribution < -0.4 is 4.74 Å². The van der Waals surface area contributed by atoms with Crippen LogP contribution in [0.15, 0.2) is 18.2 Å². The number of halogens is 2. The van der Waals surface area contributed by atoms with E-state index in [0.717, 1.165) is 12.0 Å². The molecule has 0 amide bonds. The molecule has 1 atom stereocenters. The summed E-state index contributed by atoms with van der Waals surface area (Å²) in [5.41, 5.74) is 0.0655. The second-order valence-corrected chi connectivity index (χ2v) is 6.44. The van der Waals surface area contributed by atoms with Gasteiger partial charge in [-0.2, -0.15) is 0 Å². The van der Waals surface area contributed by atoms with E-state index in [0.29, 0.717) is 5.88 Å². The van der Waals surface area contributed by atoms with Crippen LogP contribution in [0.5, 0.6) is 5.75 Å². The van der Waals surface area contributed by atoms with Gasteiger partial charge in [0.25, 0.3) is 0 Å². The van der Waals surface area contributed by atoms with Crippen LogP contribution in [0.2, 0.25) is 0 Å². The first-order valence-electron chi connectivity index (χ1n) is 6.45. The van der Waals surface area contributed by atoms with Crippen LogP contribution >= 0.6 is 11.6 Å². The summed E-state index contributed by atoms with van der Waals surface area (Å²) in [6.45, 7) is 7.98. The van der Waals surface area contributed by atoms with Crippen LogP contribution in [0.25, 0.3) is 0 Å². The summed E-state index contributed by atoms with van der Waals surface area (Å²) in [7, 11) is 0. The van der Waals surface area contributed by atoms with Gasteiger partial charge in [0.1, 0.15) is 11.7 Å². The van der Waals surface area contributed by atoms with E-state index >= 15 is 0 Å². The summed E-state index contributed by atoms with van der Waals surface area (Å²) in [5.74, 6) is 0.175. The first-order valence-corrected chi connectivity index (χ1v) is 6.98. The highest BCUT2D eigenvalue weighted by molar-refractivity contribution is 6.17. The van der Waals surface area contributed by atoms with Gasteiger partial charge in [-0.05, 0) is 45.4 Å². The van der Waals surface area contributed by atoms with Gasteiger partial charge in [-0.15, -0.1) is 11.6 Å². The Morgan fingerprint density at radius 3 is 2.53 bits per heavy atom. The Morgan fingerprint density at radius 2 is 2.05 bits per heavy atom. The Bertz CT molecular complexity index is 471. The third kappa shape index (κ3) is 3.21. The highest BCUT2D eigenvalue weighted by atomic mass is 35.5. The van der Waals surface area contributed by atoms with Gasteiger partial charge in [0.05, 0.1) is 5.60 Å². The SMILES string of the molecule is CC1(C)CC(Oc2ccc(CCl)cc2F)C(C)(C)O1. The molecule has 4 heteroatoms. The maximum atomic E-state index is 13.9. The minimum Gasteiger partial charge on any atom is -0.484 e. The van der Waals surface area contributed by atoms with Crippen molar-refractivity contribution in [1.29, 1.82) is 0 Å². The molecule has 0 bridgehead atoms. The first kappa shape index (κ1) is 14.6. The van der Waals surface area contributed by atoms with Crippen molar-refractivity contribution in [3.05, 3.63) is 29.6 Å². The molecule has 0 N–H and O–H groups in total. The van der Waals surface area contributed by atoms with Gasteiger partial charge in [-0.1, -0.05) is 6.07 Å². The number of hydrogen-bond acceptors (Lipinski definition) is 2. The molecule has 1 aliphatic heterocycles. The third-order valence-corrected chi connectivity index (χ3v) is 3.72. The summed E-state index contributed by atoms with van der Waals surface area (Å²) in [6, 6.07) is 4.82. The topological polar surface area (TPSA) is 18.5 Å². The molecule has 2 rings (SSSR count). The van der Waals surface area contributed by atoms with E-state index in [4.69, 9.17) is 21.1 Å². The molecule has 1 heterocycles. The van der Waals surface area contributed by atoms with Crippen molar-refractivity contribution in [2.45, 2.75) is 57.3 Å². The van der Waals surface area contributed by atoms with Gasteiger partial charge in [-0.3, -0.25) is 0 Å². The number of ether oxygens (including phenoxy) is 2. The molecule has 106 valence electrons. The fourth-order valence-corrected chi connectivity index (χ4v) is 2.74. The maximum Gasteiger partial charge on any atom is 0.165 e. The monoisotopic (exact) mass is 286 g/mol. The molecule has 0 radical (unpaired) electrons. The lowest BCUT2D eigenvalue weighted by atomic mass is 9.97. The van der Waals surface area contributed by atoms with Crippen molar-refractivity contribution >= 4 is 11.6 Å². The number of alkyl halides is 1. The second-order valence-electron chi connectivity index (χ2n) is 6.17. The molecule has 0 aromatic heterocycles. The predicted molar refractivity (Wildman–Crippen MR) is 74.2 cm³/mol. The number of benzene rings is 1. The largest absolute Gasteiger partial charge is 0.484 e. The maximum absolute atomic E-state index is 13.9. The van der Waals surface area contributed by atoms with Gasteiger partial charge in [0.15, 0.2) is 11.6 Å². The van der Waals surface area contributed by atoms with Crippen molar-refractivity contribution in [2.24, 2.45) is 0 Å². The molecular weight excluding hydrogens is 267 g/mol. The smallest absolute Gasteiger partial charge is 0.165 e. The molecule has 1 aliphatic rings. The summed E-state index contributed by atoms with van der Waals surface area (Å²) < 4.78 is 25.7. The quantitative estimate of drug-likeness (QED) is 0.772. The normalized spacial score (nSPS) is 24.4. The van der Waals surface area contributed by atoms with Gasteiger partial charge in [-0.25, -0.2) is 4.39 Å². The minimum absolute atomic E-state index is 0.168. The standard InChI is InChI=1S/C15H20ClFO2/c1-14(2)8-13(15(3,4)19-14)18-12-6-5-10(9-16)7-11(12)17/h5-7,13H,8-9H2,1-4H3. The van der Waals surface area contributed by atoms with Crippen molar-refractivity contribution < 1.29 is 13.9 Å². The van der Waals surface area contributed by atoms with Crippen LogP contribution in [0.3, 0.4) is 0 Å². The summed E-state index contributed by atoms with van der Waals surface area (Å²) >= 11 is 5.68. The highest BCUT2D eigenvalue weighted by Crippen LogP contribution is 2.39. The van der Waals surface area contributed by atoms with E-state index in [1.807, 2.05) is 27.7 Å². The third-order valence-electron chi connectivity index (χ3n) is 3.41. The van der Waals surface area contributed by atoms with Gasteiger partial charge >= 0.3 is 0 Å². The summed E-state index contributed by atoms with van der Waals surface area (Å²) in [6.07, 6.45) is 0.565. The molecule has 1 unspecified atom stereocenters. The molecule has 1 fully saturated rings. The zero-order valence-corrected chi connectivity index (χ0v) is 12.6. The van der Waals surface area contributed by atoms with E-state index in [-0.39, 0.29) is 23.3 Å². The predicted octanol–water partition coefficient (Wildman–Crippen LogP) is 4.29. The summed E-state index contributed by atoms with van der Waals surface area (Å²) in [4.78, 5) is 0. The lowest BCUT2D eigenvalue weighted by molar-refractivity contribution is -0.0849. The van der Waals surface area contributed by atoms with Gasteiger partial charge in [0, 0.05) is 12.3 Å². The Morgan fingerprint density at radius 1 is 1.37 bits per heavy atom. The Labute approximate surface area is 118 Å². The van der Waals surface area contributed by atoms with E-state index in [9.17, 15) is 4.39 Å². The second kappa shape index (κ2) is 4.95. The fourth-order valence-electron chi connectivity index (χ4n) is 2.57. The molecule has 1 aromatic rings. The van der Waals surface area contributed by atoms with E-state index in [1.165, 1.54) is 6.07 Å². The van der Waals surface area contributed by atoms with E-state index in [2.05, 4.69) is 0 Å². The highest BCUT2D eigenvalue weighted by Gasteiger charge is 2.47. The Balaban J connectivity index is 2.18. The van der Waals surface area contributed by atoms with E-state index < -0.39 is 5.60 Å². The average Bonchev–Trinajstić information content (AvgIpc) is 2.49. The van der Waals surface area contributed by atoms with Crippen LogP contribution in [-0.2, 0) is 10.6 Å². The Hall–Kier alpha value is -0.800. The molecule has 2 nitrogen and oxygen atoms in total. The molecule has 1 aromatic carbocycles. The number of rotatable bonds is 3. The number of hydrogen-bond donors (Lipinski definition) is 0. The van der Waals surface area contributed by atoms with Crippen molar-refractivity contribution in [2.75, 3.05) is 0 Å².